The average Bonchev–Trinajstić information content (AvgIpc) is 3.55. The van der Waals surface area contributed by atoms with Crippen LogP contribution in [0.2, 0.25) is 0 Å². The first kappa shape index (κ1) is 23.3. The Morgan fingerprint density at radius 3 is 2.49 bits per heavy atom. The number of hydrogen-bond donors (Lipinski definition) is 2. The van der Waals surface area contributed by atoms with E-state index in [0.29, 0.717) is 30.2 Å². The molecule has 3 aromatic rings. The summed E-state index contributed by atoms with van der Waals surface area (Å²) >= 11 is 0. The van der Waals surface area contributed by atoms with Crippen LogP contribution in [0.5, 0.6) is 11.5 Å². The average molecular weight is 499 g/mol. The van der Waals surface area contributed by atoms with Crippen molar-refractivity contribution in [3.63, 3.8) is 0 Å². The molecule has 2 aliphatic heterocycles. The molecule has 3 heterocycles. The highest BCUT2D eigenvalue weighted by atomic mass is 16.5. The molecule has 3 aliphatic rings. The maximum absolute atomic E-state index is 12.6. The molecule has 1 aliphatic carbocycles. The number of nitrogens with one attached hydrogen (secondary N) is 1. The lowest BCUT2D eigenvalue weighted by atomic mass is 9.99. The largest absolute Gasteiger partial charge is 0.457 e. The van der Waals surface area contributed by atoms with Crippen molar-refractivity contribution in [3.8, 4) is 17.2 Å². The number of carbonyl (C=O) groups is 2. The summed E-state index contributed by atoms with van der Waals surface area (Å²) in [4.78, 5) is 29.4. The first-order valence-electron chi connectivity index (χ1n) is 12.7. The Kier molecular flexibility index (Phi) is 5.72. The molecule has 1 saturated carbocycles. The molecule has 190 valence electrons. The second kappa shape index (κ2) is 9.08. The Hall–Kier alpha value is -4.11. The second-order valence-electron chi connectivity index (χ2n) is 9.91. The van der Waals surface area contributed by atoms with Gasteiger partial charge in [-0.05, 0) is 61.7 Å². The summed E-state index contributed by atoms with van der Waals surface area (Å²) in [6, 6.07) is 17.1. The van der Waals surface area contributed by atoms with E-state index in [0.717, 1.165) is 49.5 Å². The van der Waals surface area contributed by atoms with E-state index >= 15 is 0 Å². The van der Waals surface area contributed by atoms with Gasteiger partial charge in [0.1, 0.15) is 17.2 Å². The van der Waals surface area contributed by atoms with Crippen LogP contribution >= 0.6 is 0 Å². The molecule has 9 nitrogen and oxygen atoms in total. The predicted molar refractivity (Wildman–Crippen MR) is 140 cm³/mol. The van der Waals surface area contributed by atoms with Crippen LogP contribution in [-0.2, 0) is 4.79 Å². The lowest BCUT2D eigenvalue weighted by Gasteiger charge is -2.45. The van der Waals surface area contributed by atoms with Gasteiger partial charge in [-0.25, -0.2) is 4.68 Å². The van der Waals surface area contributed by atoms with Crippen LogP contribution in [-0.4, -0.2) is 63.1 Å². The lowest BCUT2D eigenvalue weighted by Crippen LogP contribution is -2.57. The number of benzene rings is 2. The smallest absolute Gasteiger partial charge is 0.269 e. The summed E-state index contributed by atoms with van der Waals surface area (Å²) in [6.07, 6.45) is 4.27. The molecule has 6 rings (SSSR count). The third kappa shape index (κ3) is 4.15. The van der Waals surface area contributed by atoms with Crippen LogP contribution in [0.3, 0.4) is 0 Å². The number of aromatic nitrogens is 2. The van der Waals surface area contributed by atoms with Crippen molar-refractivity contribution in [2.75, 3.05) is 31.5 Å². The third-order valence-corrected chi connectivity index (χ3v) is 7.63. The second-order valence-corrected chi connectivity index (χ2v) is 9.91. The zero-order valence-electron chi connectivity index (χ0n) is 20.6. The molecular formula is C28H30N6O3. The molecule has 1 unspecified atom stereocenters. The van der Waals surface area contributed by atoms with Gasteiger partial charge in [0.2, 0.25) is 5.91 Å². The van der Waals surface area contributed by atoms with Gasteiger partial charge in [0, 0.05) is 26.2 Å². The van der Waals surface area contributed by atoms with Gasteiger partial charge < -0.3 is 20.7 Å². The number of nitrogens with two attached hydrogens (primary N) is 1. The van der Waals surface area contributed by atoms with E-state index in [2.05, 4.69) is 16.8 Å². The zero-order valence-corrected chi connectivity index (χ0v) is 20.6. The molecule has 1 atom stereocenters. The number of nitrogens with zero attached hydrogens (tertiary/aromatic N) is 4. The number of anilines is 1. The minimum absolute atomic E-state index is 0.00290. The highest BCUT2D eigenvalue weighted by Gasteiger charge is 2.54. The normalized spacial score (nSPS) is 20.1. The summed E-state index contributed by atoms with van der Waals surface area (Å²) < 4.78 is 7.54. The molecule has 3 N–H and O–H groups in total. The van der Waals surface area contributed by atoms with Crippen LogP contribution < -0.4 is 15.8 Å². The van der Waals surface area contributed by atoms with Crippen molar-refractivity contribution in [1.29, 1.82) is 0 Å². The topological polar surface area (TPSA) is 106 Å². The van der Waals surface area contributed by atoms with Gasteiger partial charge in [-0.2, -0.15) is 5.10 Å². The van der Waals surface area contributed by atoms with E-state index in [4.69, 9.17) is 15.6 Å². The number of rotatable bonds is 6. The van der Waals surface area contributed by atoms with Gasteiger partial charge in [-0.15, -0.1) is 0 Å². The Bertz CT molecular complexity index is 1350. The number of primary amides is 1. The standard InChI is InChI=1S/C28H30N6O3/c1-2-23(35)33-17-16-32(18-28(33)13-14-28)22-12-15-30-25-24(22)31-34(26(25)27(29)36)19-8-10-21(11-9-19)37-20-6-4-3-5-7-20/h2-11,22,30H,1,12-18H2,(H2,29,36). The van der Waals surface area contributed by atoms with Gasteiger partial charge in [0.05, 0.1) is 23.0 Å². The van der Waals surface area contributed by atoms with Gasteiger partial charge >= 0.3 is 0 Å². The summed E-state index contributed by atoms with van der Waals surface area (Å²) in [7, 11) is 0. The number of amides is 2. The fraction of sp³-hybridized carbons (Fsp3) is 0.321. The van der Waals surface area contributed by atoms with Gasteiger partial charge in [-0.1, -0.05) is 24.8 Å². The fourth-order valence-electron chi connectivity index (χ4n) is 5.66. The minimum atomic E-state index is -0.536. The monoisotopic (exact) mass is 498 g/mol. The van der Waals surface area contributed by atoms with Crippen molar-refractivity contribution < 1.29 is 14.3 Å². The number of ether oxygens (including phenoxy) is 1. The van der Waals surface area contributed by atoms with Crippen LogP contribution in [0.25, 0.3) is 5.69 Å². The lowest BCUT2D eigenvalue weighted by molar-refractivity contribution is -0.132. The molecule has 0 radical (unpaired) electrons. The van der Waals surface area contributed by atoms with E-state index in [1.54, 1.807) is 4.68 Å². The van der Waals surface area contributed by atoms with Crippen molar-refractivity contribution >= 4 is 17.5 Å². The summed E-state index contributed by atoms with van der Waals surface area (Å²) in [5.41, 5.74) is 8.34. The van der Waals surface area contributed by atoms with Gasteiger partial charge in [0.15, 0.2) is 5.69 Å². The summed E-state index contributed by atoms with van der Waals surface area (Å²) in [5.74, 6) is 0.901. The molecule has 2 fully saturated rings. The fourth-order valence-corrected chi connectivity index (χ4v) is 5.66. The number of carbonyl (C=O) groups excluding carboxylic acids is 2. The number of hydrogen-bond acceptors (Lipinski definition) is 6. The van der Waals surface area contributed by atoms with Crippen LogP contribution in [0.15, 0.2) is 67.3 Å². The van der Waals surface area contributed by atoms with Crippen molar-refractivity contribution in [3.05, 3.63) is 78.6 Å². The summed E-state index contributed by atoms with van der Waals surface area (Å²) in [6.45, 7) is 6.59. The van der Waals surface area contributed by atoms with E-state index in [1.165, 1.54) is 6.08 Å². The van der Waals surface area contributed by atoms with Gasteiger partial charge in [-0.3, -0.25) is 14.5 Å². The van der Waals surface area contributed by atoms with Crippen LogP contribution in [0, 0.1) is 0 Å². The van der Waals surface area contributed by atoms with Crippen molar-refractivity contribution in [2.24, 2.45) is 5.73 Å². The van der Waals surface area contributed by atoms with Crippen LogP contribution in [0.1, 0.15) is 41.5 Å². The molecule has 0 bridgehead atoms. The first-order valence-corrected chi connectivity index (χ1v) is 12.7. The molecular weight excluding hydrogens is 468 g/mol. The molecule has 2 amide bonds. The Labute approximate surface area is 215 Å². The maximum Gasteiger partial charge on any atom is 0.269 e. The molecule has 1 spiro atoms. The Balaban J connectivity index is 1.29. The molecule has 2 aromatic carbocycles. The van der Waals surface area contributed by atoms with E-state index in [9.17, 15) is 9.59 Å². The molecule has 1 aromatic heterocycles. The summed E-state index contributed by atoms with van der Waals surface area (Å²) in [5, 5.41) is 8.30. The third-order valence-electron chi connectivity index (χ3n) is 7.63. The van der Waals surface area contributed by atoms with Crippen molar-refractivity contribution in [2.45, 2.75) is 30.8 Å². The zero-order chi connectivity index (χ0) is 25.6. The van der Waals surface area contributed by atoms with Gasteiger partial charge in [0.25, 0.3) is 5.91 Å². The SMILES string of the molecule is C=CC(=O)N1CCN(C2CCNc3c2nn(-c2ccc(Oc4ccccc4)cc2)c3C(N)=O)CC12CC2. The van der Waals surface area contributed by atoms with E-state index in [1.807, 2.05) is 59.5 Å². The van der Waals surface area contributed by atoms with Crippen LogP contribution in [0.4, 0.5) is 5.69 Å². The number of para-hydroxylation sites is 1. The molecule has 37 heavy (non-hydrogen) atoms. The first-order chi connectivity index (χ1) is 18.0. The Morgan fingerprint density at radius 1 is 1.08 bits per heavy atom. The molecule has 9 heteroatoms. The highest BCUT2D eigenvalue weighted by molar-refractivity contribution is 5.98. The number of piperazine rings is 1. The minimum Gasteiger partial charge on any atom is -0.457 e. The number of fused-ring (bicyclic) bond motifs is 1. The molecule has 1 saturated heterocycles. The maximum atomic E-state index is 12.6. The quantitative estimate of drug-likeness (QED) is 0.504. The van der Waals surface area contributed by atoms with Crippen molar-refractivity contribution in [1.82, 2.24) is 19.6 Å². The van der Waals surface area contributed by atoms with E-state index < -0.39 is 5.91 Å². The van der Waals surface area contributed by atoms with E-state index in [-0.39, 0.29) is 17.5 Å². The predicted octanol–water partition coefficient (Wildman–Crippen LogP) is 3.48. The Morgan fingerprint density at radius 2 is 1.81 bits per heavy atom. The highest BCUT2D eigenvalue weighted by Crippen LogP contribution is 2.47.